The van der Waals surface area contributed by atoms with Gasteiger partial charge >= 0.3 is 5.97 Å². The molecule has 164 valence electrons. The largest absolute Gasteiger partial charge is 0.466 e. The Morgan fingerprint density at radius 3 is 2.73 bits per heavy atom. The van der Waals surface area contributed by atoms with Gasteiger partial charge in [0.15, 0.2) is 5.78 Å². The van der Waals surface area contributed by atoms with Crippen LogP contribution in [-0.2, 0) is 14.3 Å². The molecule has 0 spiro atoms. The van der Waals surface area contributed by atoms with Crippen molar-refractivity contribution in [3.63, 3.8) is 0 Å². The van der Waals surface area contributed by atoms with E-state index < -0.39 is 0 Å². The molecule has 8 atom stereocenters. The summed E-state index contributed by atoms with van der Waals surface area (Å²) in [4.78, 5) is 26.6. The van der Waals surface area contributed by atoms with Gasteiger partial charge in [-0.3, -0.25) is 9.59 Å². The molecule has 30 heavy (non-hydrogen) atoms. The Labute approximate surface area is 179 Å². The molecule has 3 fully saturated rings. The second kappa shape index (κ2) is 7.71. The fraction of sp³-hybridized carbons (Fsp3) is 0.833. The van der Waals surface area contributed by atoms with Crippen LogP contribution in [0.5, 0.6) is 0 Å². The first kappa shape index (κ1) is 21.4. The van der Waals surface area contributed by atoms with E-state index in [1.807, 2.05) is 6.08 Å². The lowest BCUT2D eigenvalue weighted by atomic mass is 9.45. The van der Waals surface area contributed by atoms with Crippen molar-refractivity contribution in [2.75, 3.05) is 6.61 Å². The van der Waals surface area contributed by atoms with Crippen LogP contribution in [0.3, 0.4) is 0 Å². The topological polar surface area (TPSA) is 92.1 Å². The molecule has 4 aliphatic carbocycles. The lowest BCUT2D eigenvalue weighted by molar-refractivity contribution is -0.144. The minimum Gasteiger partial charge on any atom is -0.466 e. The highest BCUT2D eigenvalue weighted by atomic mass is 16.5. The summed E-state index contributed by atoms with van der Waals surface area (Å²) in [6, 6.07) is 0. The van der Waals surface area contributed by atoms with Gasteiger partial charge in [-0.25, -0.2) is 0 Å². The van der Waals surface area contributed by atoms with Crippen molar-refractivity contribution in [3.8, 4) is 0 Å². The molecule has 0 unspecified atom stereocenters. The van der Waals surface area contributed by atoms with Gasteiger partial charge in [-0.15, -0.1) is 0 Å². The molecule has 3 saturated carbocycles. The number of carbonyl (C=O) groups is 2. The number of carbonyl (C=O) groups excluding carboxylic acids is 2. The summed E-state index contributed by atoms with van der Waals surface area (Å²) >= 11 is 0. The average Bonchev–Trinajstić information content (AvgIpc) is 3.04. The molecule has 4 aliphatic rings. The second-order valence-electron chi connectivity index (χ2n) is 10.9. The van der Waals surface area contributed by atoms with Crippen LogP contribution in [0.4, 0.5) is 0 Å². The van der Waals surface area contributed by atoms with Crippen LogP contribution in [0.2, 0.25) is 0 Å². The van der Waals surface area contributed by atoms with Crippen LogP contribution in [0.25, 0.3) is 10.4 Å². The highest BCUT2D eigenvalue weighted by Crippen LogP contribution is 2.67. The van der Waals surface area contributed by atoms with Gasteiger partial charge in [0.1, 0.15) is 0 Å². The predicted octanol–water partition coefficient (Wildman–Crippen LogP) is 5.83. The van der Waals surface area contributed by atoms with Crippen LogP contribution in [0.15, 0.2) is 16.9 Å². The summed E-state index contributed by atoms with van der Waals surface area (Å²) in [6.07, 6.45) is 9.67. The monoisotopic (exact) mass is 413 g/mol. The fourth-order valence-corrected chi connectivity index (χ4v) is 8.19. The number of Topliss-reactive ketones (excluding diaryl/α,β-unsaturated/α-hetero) is 1. The van der Waals surface area contributed by atoms with Crippen molar-refractivity contribution in [1.82, 2.24) is 0 Å². The number of hydrogen-bond donors (Lipinski definition) is 0. The molecule has 0 saturated heterocycles. The van der Waals surface area contributed by atoms with Crippen LogP contribution in [0, 0.1) is 46.3 Å². The van der Waals surface area contributed by atoms with E-state index in [-0.39, 0.29) is 17.2 Å². The molecule has 0 aromatic rings. The van der Waals surface area contributed by atoms with Gasteiger partial charge in [-0.1, -0.05) is 32.0 Å². The summed E-state index contributed by atoms with van der Waals surface area (Å²) in [7, 11) is 0. The van der Waals surface area contributed by atoms with Gasteiger partial charge in [0.25, 0.3) is 0 Å². The molecule has 0 radical (unpaired) electrons. The number of esters is 1. The molecule has 6 nitrogen and oxygen atoms in total. The molecule has 0 aliphatic heterocycles. The molecular weight excluding hydrogens is 378 g/mol. The molecule has 4 rings (SSSR count). The van der Waals surface area contributed by atoms with E-state index in [9.17, 15) is 9.59 Å². The number of azide groups is 1. The highest BCUT2D eigenvalue weighted by molar-refractivity contribution is 5.96. The zero-order valence-corrected chi connectivity index (χ0v) is 18.8. The Balaban J connectivity index is 1.59. The molecular formula is C24H35N3O3. The van der Waals surface area contributed by atoms with E-state index in [1.165, 1.54) is 32.6 Å². The molecule has 6 heteroatoms. The Bertz CT molecular complexity index is 817. The average molecular weight is 414 g/mol. The summed E-state index contributed by atoms with van der Waals surface area (Å²) in [5.74, 6) is 3.06. The Hall–Kier alpha value is -1.81. The summed E-state index contributed by atoms with van der Waals surface area (Å²) in [6.45, 7) is 9.05. The van der Waals surface area contributed by atoms with Crippen LogP contribution in [-0.4, -0.2) is 18.4 Å². The highest BCUT2D eigenvalue weighted by Gasteiger charge is 2.60. The third-order valence-corrected chi connectivity index (χ3v) is 9.59. The third kappa shape index (κ3) is 3.28. The van der Waals surface area contributed by atoms with Gasteiger partial charge < -0.3 is 4.74 Å². The molecule has 0 aromatic heterocycles. The summed E-state index contributed by atoms with van der Waals surface area (Å²) in [5, 5.41) is 3.74. The van der Waals surface area contributed by atoms with Gasteiger partial charge in [0.2, 0.25) is 0 Å². The molecule has 0 aromatic carbocycles. The maximum absolute atomic E-state index is 12.4. The zero-order chi connectivity index (χ0) is 21.7. The van der Waals surface area contributed by atoms with Crippen LogP contribution >= 0.6 is 0 Å². The first-order chi connectivity index (χ1) is 14.2. The lowest BCUT2D eigenvalue weighted by Gasteiger charge is -2.59. The minimum absolute atomic E-state index is 0.00889. The number of nitrogens with zero attached hydrogens (tertiary/aromatic N) is 3. The van der Waals surface area contributed by atoms with Crippen molar-refractivity contribution >= 4 is 11.8 Å². The lowest BCUT2D eigenvalue weighted by Crippen LogP contribution is -2.53. The molecule has 0 heterocycles. The standard InChI is InChI=1S/C24H35N3O3/c1-14(13-30-15(2)28)18-7-8-19-17-6-5-16-11-22(29)21(26-27-25)12-24(16,4)20(17)9-10-23(18,19)3/h12,14,16-20H,5-11,13H2,1-4H3/t14-,16+,17+,18-,19+,20+,23-,24+/m1/s1. The maximum atomic E-state index is 12.4. The first-order valence-electron chi connectivity index (χ1n) is 11.6. The van der Waals surface area contributed by atoms with E-state index in [1.54, 1.807) is 0 Å². The third-order valence-electron chi connectivity index (χ3n) is 9.59. The quantitative estimate of drug-likeness (QED) is 0.251. The number of ether oxygens (including phenoxy) is 1. The zero-order valence-electron chi connectivity index (χ0n) is 18.8. The summed E-state index contributed by atoms with van der Waals surface area (Å²) < 4.78 is 5.36. The number of allylic oxidation sites excluding steroid dienone is 2. The smallest absolute Gasteiger partial charge is 0.302 e. The summed E-state index contributed by atoms with van der Waals surface area (Å²) in [5.41, 5.74) is 9.48. The number of fused-ring (bicyclic) bond motifs is 5. The normalized spacial score (nSPS) is 43.4. The van der Waals surface area contributed by atoms with E-state index >= 15 is 0 Å². The van der Waals surface area contributed by atoms with E-state index in [0.717, 1.165) is 12.8 Å². The predicted molar refractivity (Wildman–Crippen MR) is 114 cm³/mol. The van der Waals surface area contributed by atoms with Crippen molar-refractivity contribution < 1.29 is 14.3 Å². The Kier molecular flexibility index (Phi) is 5.50. The SMILES string of the molecule is CC(=O)OC[C@@H](C)[C@H]1CC[C@H]2[C@@H]3CC[C@H]4CC(=O)C(N=[N+]=[N-])=C[C@]4(C)[C@H]3CC[C@]12C. The van der Waals surface area contributed by atoms with Crippen LogP contribution in [0.1, 0.15) is 72.6 Å². The van der Waals surface area contributed by atoms with Gasteiger partial charge in [0.05, 0.1) is 12.3 Å². The fourth-order valence-electron chi connectivity index (χ4n) is 8.19. The Morgan fingerprint density at radius 1 is 1.27 bits per heavy atom. The van der Waals surface area contributed by atoms with Crippen molar-refractivity contribution in [3.05, 3.63) is 22.2 Å². The van der Waals surface area contributed by atoms with Crippen LogP contribution < -0.4 is 0 Å². The van der Waals surface area contributed by atoms with E-state index in [4.69, 9.17) is 10.3 Å². The maximum Gasteiger partial charge on any atom is 0.302 e. The first-order valence-corrected chi connectivity index (χ1v) is 11.6. The second-order valence-corrected chi connectivity index (χ2v) is 10.9. The number of rotatable bonds is 4. The van der Waals surface area contributed by atoms with Crippen molar-refractivity contribution in [2.45, 2.75) is 72.6 Å². The van der Waals surface area contributed by atoms with Crippen molar-refractivity contribution in [1.29, 1.82) is 0 Å². The number of hydrogen-bond acceptors (Lipinski definition) is 4. The van der Waals surface area contributed by atoms with Gasteiger partial charge in [-0.2, -0.15) is 0 Å². The van der Waals surface area contributed by atoms with E-state index in [0.29, 0.717) is 59.6 Å². The van der Waals surface area contributed by atoms with Crippen molar-refractivity contribution in [2.24, 2.45) is 51.5 Å². The Morgan fingerprint density at radius 2 is 2.03 bits per heavy atom. The minimum atomic E-state index is -0.189. The molecule has 0 N–H and O–H groups in total. The molecule has 0 amide bonds. The number of ketones is 1. The van der Waals surface area contributed by atoms with Gasteiger partial charge in [0, 0.05) is 18.3 Å². The molecule has 0 bridgehead atoms. The van der Waals surface area contributed by atoms with Gasteiger partial charge in [-0.05, 0) is 90.4 Å². The van der Waals surface area contributed by atoms with E-state index in [2.05, 4.69) is 30.8 Å².